The number of amides is 1. The fourth-order valence-electron chi connectivity index (χ4n) is 3.59. The molecule has 0 aliphatic carbocycles. The van der Waals surface area contributed by atoms with Gasteiger partial charge in [-0.05, 0) is 48.4 Å². The molecule has 0 saturated heterocycles. The van der Waals surface area contributed by atoms with Gasteiger partial charge in [-0.2, -0.15) is 0 Å². The van der Waals surface area contributed by atoms with Gasteiger partial charge in [-0.3, -0.25) is 14.4 Å². The van der Waals surface area contributed by atoms with Crippen LogP contribution in [0.25, 0.3) is 10.9 Å². The van der Waals surface area contributed by atoms with Crippen molar-refractivity contribution in [1.29, 1.82) is 0 Å². The molecule has 1 heterocycles. The van der Waals surface area contributed by atoms with Gasteiger partial charge < -0.3 is 9.88 Å². The lowest BCUT2D eigenvalue weighted by molar-refractivity contribution is -0.116. The molecule has 1 aromatic heterocycles. The Hall–Kier alpha value is -4.06. The van der Waals surface area contributed by atoms with Crippen LogP contribution in [0.1, 0.15) is 28.4 Å². The second kappa shape index (κ2) is 8.98. The number of hydrogen-bond acceptors (Lipinski definition) is 3. The highest BCUT2D eigenvalue weighted by atomic mass is 19.1. The number of halogens is 1. The first-order valence-corrected chi connectivity index (χ1v) is 10.3. The van der Waals surface area contributed by atoms with Crippen molar-refractivity contribution in [2.45, 2.75) is 19.9 Å². The molecule has 160 valence electrons. The first kappa shape index (κ1) is 21.2. The highest BCUT2D eigenvalue weighted by Crippen LogP contribution is 2.18. The van der Waals surface area contributed by atoms with E-state index in [1.165, 1.54) is 30.5 Å². The van der Waals surface area contributed by atoms with Gasteiger partial charge in [-0.15, -0.1) is 0 Å². The van der Waals surface area contributed by atoms with E-state index in [0.717, 1.165) is 12.0 Å². The maximum absolute atomic E-state index is 13.2. The summed E-state index contributed by atoms with van der Waals surface area (Å²) in [6.07, 6.45) is 2.17. The highest BCUT2D eigenvalue weighted by Gasteiger charge is 2.18. The quantitative estimate of drug-likeness (QED) is 0.458. The van der Waals surface area contributed by atoms with Crippen LogP contribution in [0.5, 0.6) is 0 Å². The Bertz CT molecular complexity index is 1360. The van der Waals surface area contributed by atoms with E-state index in [4.69, 9.17) is 0 Å². The van der Waals surface area contributed by atoms with Gasteiger partial charge in [0.05, 0.1) is 11.1 Å². The molecule has 0 saturated carbocycles. The van der Waals surface area contributed by atoms with Crippen LogP contribution >= 0.6 is 0 Å². The number of nitrogens with one attached hydrogen (secondary N) is 1. The summed E-state index contributed by atoms with van der Waals surface area (Å²) in [7, 11) is 0. The molecule has 4 aromatic rings. The molecule has 1 N–H and O–H groups in total. The number of rotatable bonds is 6. The van der Waals surface area contributed by atoms with Crippen LogP contribution in [0.2, 0.25) is 0 Å². The molecule has 0 fully saturated rings. The molecule has 0 bridgehead atoms. The van der Waals surface area contributed by atoms with Gasteiger partial charge in [-0.1, -0.05) is 43.3 Å². The lowest BCUT2D eigenvalue weighted by Crippen LogP contribution is -2.24. The van der Waals surface area contributed by atoms with Crippen LogP contribution in [0.4, 0.5) is 10.1 Å². The van der Waals surface area contributed by atoms with E-state index in [1.807, 2.05) is 13.0 Å². The van der Waals surface area contributed by atoms with Crippen molar-refractivity contribution >= 4 is 28.3 Å². The Morgan fingerprint density at radius 3 is 2.38 bits per heavy atom. The maximum Gasteiger partial charge on any atom is 0.244 e. The van der Waals surface area contributed by atoms with Gasteiger partial charge in [0.2, 0.25) is 11.3 Å². The van der Waals surface area contributed by atoms with Crippen LogP contribution in [-0.4, -0.2) is 16.3 Å². The zero-order valence-electron chi connectivity index (χ0n) is 17.5. The third-order valence-electron chi connectivity index (χ3n) is 5.28. The zero-order valence-corrected chi connectivity index (χ0v) is 17.5. The minimum absolute atomic E-state index is 0.00605. The Morgan fingerprint density at radius 2 is 1.69 bits per heavy atom. The number of anilines is 1. The van der Waals surface area contributed by atoms with Crippen LogP contribution < -0.4 is 10.7 Å². The number of aryl methyl sites for hydroxylation is 1. The summed E-state index contributed by atoms with van der Waals surface area (Å²) in [5.74, 6) is -1.16. The van der Waals surface area contributed by atoms with Gasteiger partial charge in [0.15, 0.2) is 5.78 Å². The van der Waals surface area contributed by atoms with Crippen LogP contribution in [0.3, 0.4) is 0 Å². The summed E-state index contributed by atoms with van der Waals surface area (Å²) < 4.78 is 14.7. The minimum atomic E-state index is -0.398. The number of nitrogens with zero attached hydrogens (tertiary/aromatic N) is 1. The van der Waals surface area contributed by atoms with Crippen molar-refractivity contribution in [2.24, 2.45) is 0 Å². The van der Waals surface area contributed by atoms with E-state index in [-0.39, 0.29) is 23.4 Å². The molecule has 32 heavy (non-hydrogen) atoms. The van der Waals surface area contributed by atoms with Crippen molar-refractivity contribution in [3.05, 3.63) is 112 Å². The predicted octanol–water partition coefficient (Wildman–Crippen LogP) is 4.57. The van der Waals surface area contributed by atoms with E-state index >= 15 is 0 Å². The third-order valence-corrected chi connectivity index (χ3v) is 5.28. The number of benzene rings is 3. The largest absolute Gasteiger partial charge is 0.337 e. The van der Waals surface area contributed by atoms with Gasteiger partial charge in [0, 0.05) is 22.8 Å². The lowest BCUT2D eigenvalue weighted by Gasteiger charge is -2.14. The number of fused-ring (bicyclic) bond motifs is 1. The fourth-order valence-corrected chi connectivity index (χ4v) is 3.59. The molecule has 0 radical (unpaired) electrons. The van der Waals surface area contributed by atoms with Crippen molar-refractivity contribution in [3.8, 4) is 0 Å². The summed E-state index contributed by atoms with van der Waals surface area (Å²) in [6, 6.07) is 19.5. The summed E-state index contributed by atoms with van der Waals surface area (Å²) in [5, 5.41) is 3.10. The van der Waals surface area contributed by atoms with E-state index in [0.29, 0.717) is 22.2 Å². The first-order valence-electron chi connectivity index (χ1n) is 10.3. The van der Waals surface area contributed by atoms with Gasteiger partial charge in [0.1, 0.15) is 12.4 Å². The average Bonchev–Trinajstić information content (AvgIpc) is 2.82. The molecular formula is C26H21FN2O3. The third kappa shape index (κ3) is 4.34. The predicted molar refractivity (Wildman–Crippen MR) is 122 cm³/mol. The van der Waals surface area contributed by atoms with Crippen molar-refractivity contribution in [1.82, 2.24) is 4.57 Å². The second-order valence-electron chi connectivity index (χ2n) is 7.46. The van der Waals surface area contributed by atoms with E-state index in [1.54, 1.807) is 47.0 Å². The SMILES string of the molecule is CCc1ccc2c(c1)c(=O)c(C(=O)c1ccccc1)cn2CC(=O)Nc1ccc(F)cc1. The average molecular weight is 428 g/mol. The number of ketones is 1. The smallest absolute Gasteiger partial charge is 0.244 e. The molecule has 0 spiro atoms. The number of hydrogen-bond donors (Lipinski definition) is 1. The molecule has 5 nitrogen and oxygen atoms in total. The first-order chi connectivity index (χ1) is 15.5. The maximum atomic E-state index is 13.2. The standard InChI is InChI=1S/C26H21FN2O3/c1-2-17-8-13-23-21(14-17)26(32)22(25(31)18-6-4-3-5-7-18)15-29(23)16-24(30)28-20-11-9-19(27)10-12-20/h3-15H,2,16H2,1H3,(H,28,30). The number of carbonyl (C=O) groups excluding carboxylic acids is 2. The Kier molecular flexibility index (Phi) is 5.94. The van der Waals surface area contributed by atoms with Crippen LogP contribution in [0.15, 0.2) is 83.8 Å². The Balaban J connectivity index is 1.77. The molecule has 0 aliphatic rings. The van der Waals surface area contributed by atoms with E-state index < -0.39 is 11.6 Å². The van der Waals surface area contributed by atoms with Crippen molar-refractivity contribution < 1.29 is 14.0 Å². The normalized spacial score (nSPS) is 10.8. The summed E-state index contributed by atoms with van der Waals surface area (Å²) in [5.41, 5.74) is 2.02. The molecule has 6 heteroatoms. The topological polar surface area (TPSA) is 68.2 Å². The minimum Gasteiger partial charge on any atom is -0.337 e. The molecule has 0 aliphatic heterocycles. The van der Waals surface area contributed by atoms with Crippen LogP contribution in [0, 0.1) is 5.82 Å². The van der Waals surface area contributed by atoms with Gasteiger partial charge >= 0.3 is 0 Å². The van der Waals surface area contributed by atoms with Crippen molar-refractivity contribution in [2.75, 3.05) is 5.32 Å². The Morgan fingerprint density at radius 1 is 0.969 bits per heavy atom. The monoisotopic (exact) mass is 428 g/mol. The van der Waals surface area contributed by atoms with Gasteiger partial charge in [0.25, 0.3) is 0 Å². The number of pyridine rings is 1. The molecule has 0 unspecified atom stereocenters. The zero-order chi connectivity index (χ0) is 22.7. The van der Waals surface area contributed by atoms with Crippen LogP contribution in [-0.2, 0) is 17.8 Å². The summed E-state index contributed by atoms with van der Waals surface area (Å²) >= 11 is 0. The summed E-state index contributed by atoms with van der Waals surface area (Å²) in [4.78, 5) is 39.0. The summed E-state index contributed by atoms with van der Waals surface area (Å²) in [6.45, 7) is 1.86. The second-order valence-corrected chi connectivity index (χ2v) is 7.46. The van der Waals surface area contributed by atoms with E-state index in [2.05, 4.69) is 5.32 Å². The van der Waals surface area contributed by atoms with Crippen molar-refractivity contribution in [3.63, 3.8) is 0 Å². The molecule has 4 rings (SSSR count). The number of aromatic nitrogens is 1. The van der Waals surface area contributed by atoms with Gasteiger partial charge in [-0.25, -0.2) is 4.39 Å². The number of carbonyl (C=O) groups is 2. The lowest BCUT2D eigenvalue weighted by atomic mass is 10.0. The molecular weight excluding hydrogens is 407 g/mol. The molecule has 1 amide bonds. The molecule has 3 aromatic carbocycles. The highest BCUT2D eigenvalue weighted by molar-refractivity contribution is 6.10. The van der Waals surface area contributed by atoms with E-state index in [9.17, 15) is 18.8 Å². The fraction of sp³-hybridized carbons (Fsp3) is 0.115. The Labute approximate surface area is 184 Å². The molecule has 0 atom stereocenters.